The van der Waals surface area contributed by atoms with Crippen molar-refractivity contribution >= 4 is 23.8 Å². The second-order valence-electron chi connectivity index (χ2n) is 7.59. The summed E-state index contributed by atoms with van der Waals surface area (Å²) >= 11 is 0. The van der Waals surface area contributed by atoms with Crippen LogP contribution in [0.1, 0.15) is 56.9 Å². The molecule has 28 heavy (non-hydrogen) atoms. The van der Waals surface area contributed by atoms with E-state index in [1.807, 2.05) is 30.3 Å². The Kier molecular flexibility index (Phi) is 6.98. The fraction of sp³-hybridized carbons (Fsp3) is 0.500. The fourth-order valence-corrected chi connectivity index (χ4v) is 3.82. The average molecular weight is 384 g/mol. The van der Waals surface area contributed by atoms with Crippen molar-refractivity contribution < 1.29 is 19.5 Å². The Morgan fingerprint density at radius 1 is 1.14 bits per heavy atom. The Bertz CT molecular complexity index is 744. The van der Waals surface area contributed by atoms with Crippen LogP contribution in [0.15, 0.2) is 35.9 Å². The van der Waals surface area contributed by atoms with Crippen LogP contribution in [0.2, 0.25) is 0 Å². The Morgan fingerprint density at radius 2 is 1.89 bits per heavy atom. The van der Waals surface area contributed by atoms with Crippen LogP contribution in [0.5, 0.6) is 0 Å². The fourth-order valence-electron chi connectivity index (χ4n) is 3.82. The molecule has 1 aromatic rings. The van der Waals surface area contributed by atoms with Gasteiger partial charge in [-0.25, -0.2) is 0 Å². The van der Waals surface area contributed by atoms with Crippen molar-refractivity contribution in [2.75, 3.05) is 6.54 Å². The number of hydrogen-bond donors (Lipinski definition) is 2. The quantitative estimate of drug-likeness (QED) is 0.429. The maximum absolute atomic E-state index is 12.5. The van der Waals surface area contributed by atoms with E-state index in [0.717, 1.165) is 31.2 Å². The summed E-state index contributed by atoms with van der Waals surface area (Å²) in [4.78, 5) is 38.0. The molecule has 1 aliphatic carbocycles. The van der Waals surface area contributed by atoms with Gasteiger partial charge in [-0.3, -0.25) is 19.3 Å². The molecule has 3 amide bonds. The lowest BCUT2D eigenvalue weighted by atomic mass is 9.92. The smallest absolute Gasteiger partial charge is 0.256 e. The molecular formula is C22H28N2O4. The maximum atomic E-state index is 12.5. The van der Waals surface area contributed by atoms with E-state index in [4.69, 9.17) is 0 Å². The second kappa shape index (κ2) is 9.64. The van der Waals surface area contributed by atoms with E-state index in [0.29, 0.717) is 31.4 Å². The van der Waals surface area contributed by atoms with Gasteiger partial charge in [0.1, 0.15) is 0 Å². The standard InChI is InChI=1S/C22H28N2O4/c25-19-11-5-4-10-18(19)23-20(26)12-6-7-13-24-21(27)15-17(22(24)28)14-16-8-2-1-3-9-16/h1-3,8-9,14,18-19,25H,4-7,10-13,15H2,(H,23,26)/b17-14+/t18-,19-/m0/s1. The molecule has 0 bridgehead atoms. The van der Waals surface area contributed by atoms with Gasteiger partial charge in [-0.05, 0) is 37.3 Å². The SMILES string of the molecule is O=C(CCCCN1C(=O)C/C(=C\c2ccccc2)C1=O)N[C@H]1CCCC[C@@H]1O. The molecule has 1 aromatic carbocycles. The minimum Gasteiger partial charge on any atom is -0.391 e. The van der Waals surface area contributed by atoms with Gasteiger partial charge in [0.25, 0.3) is 5.91 Å². The second-order valence-corrected chi connectivity index (χ2v) is 7.59. The van der Waals surface area contributed by atoms with Crippen LogP contribution < -0.4 is 5.32 Å². The lowest BCUT2D eigenvalue weighted by Gasteiger charge is -2.28. The van der Waals surface area contributed by atoms with Crippen molar-refractivity contribution in [1.29, 1.82) is 0 Å². The highest BCUT2D eigenvalue weighted by Gasteiger charge is 2.33. The Balaban J connectivity index is 1.42. The molecule has 0 unspecified atom stereocenters. The van der Waals surface area contributed by atoms with E-state index in [2.05, 4.69) is 5.32 Å². The number of hydrogen-bond acceptors (Lipinski definition) is 4. The summed E-state index contributed by atoms with van der Waals surface area (Å²) in [7, 11) is 0. The van der Waals surface area contributed by atoms with E-state index in [-0.39, 0.29) is 30.2 Å². The molecule has 2 aliphatic rings. The summed E-state index contributed by atoms with van der Waals surface area (Å²) in [5, 5.41) is 12.8. The van der Waals surface area contributed by atoms with E-state index in [9.17, 15) is 19.5 Å². The van der Waals surface area contributed by atoms with Gasteiger partial charge in [-0.15, -0.1) is 0 Å². The minimum atomic E-state index is -0.452. The van der Waals surface area contributed by atoms with Crippen LogP contribution >= 0.6 is 0 Å². The summed E-state index contributed by atoms with van der Waals surface area (Å²) in [6, 6.07) is 9.34. The maximum Gasteiger partial charge on any atom is 0.256 e. The van der Waals surface area contributed by atoms with Crippen LogP contribution in [-0.4, -0.2) is 46.4 Å². The predicted molar refractivity (Wildman–Crippen MR) is 106 cm³/mol. The lowest BCUT2D eigenvalue weighted by Crippen LogP contribution is -2.45. The molecule has 0 spiro atoms. The number of likely N-dealkylation sites (tertiary alicyclic amines) is 1. The monoisotopic (exact) mass is 384 g/mol. The average Bonchev–Trinajstić information content (AvgIpc) is 2.95. The number of rotatable bonds is 7. The van der Waals surface area contributed by atoms with Crippen molar-refractivity contribution in [3.05, 3.63) is 41.5 Å². The first-order valence-electron chi connectivity index (χ1n) is 10.1. The molecule has 6 heteroatoms. The molecule has 2 N–H and O–H groups in total. The van der Waals surface area contributed by atoms with Crippen molar-refractivity contribution in [2.45, 2.75) is 63.5 Å². The summed E-state index contributed by atoms with van der Waals surface area (Å²) in [6.45, 7) is 0.336. The predicted octanol–water partition coefficient (Wildman–Crippen LogP) is 2.42. The van der Waals surface area contributed by atoms with Crippen molar-refractivity contribution in [3.63, 3.8) is 0 Å². The van der Waals surface area contributed by atoms with Crippen LogP contribution in [0.3, 0.4) is 0 Å². The third-order valence-corrected chi connectivity index (χ3v) is 5.41. The number of carbonyl (C=O) groups excluding carboxylic acids is 3. The van der Waals surface area contributed by atoms with Gasteiger partial charge < -0.3 is 10.4 Å². The molecular weight excluding hydrogens is 356 g/mol. The minimum absolute atomic E-state index is 0.0744. The summed E-state index contributed by atoms with van der Waals surface area (Å²) in [6.07, 6.45) is 6.57. The molecule has 0 aromatic heterocycles. The van der Waals surface area contributed by atoms with E-state index in [1.165, 1.54) is 4.90 Å². The van der Waals surface area contributed by atoms with E-state index in [1.54, 1.807) is 6.08 Å². The third kappa shape index (κ3) is 5.29. The first kappa shape index (κ1) is 20.3. The lowest BCUT2D eigenvalue weighted by molar-refractivity contribution is -0.137. The van der Waals surface area contributed by atoms with Gasteiger partial charge in [0.15, 0.2) is 0 Å². The van der Waals surface area contributed by atoms with Crippen molar-refractivity contribution in [3.8, 4) is 0 Å². The number of amides is 3. The number of carbonyl (C=O) groups is 3. The highest BCUT2D eigenvalue weighted by molar-refractivity contribution is 6.15. The number of imide groups is 1. The molecule has 0 radical (unpaired) electrons. The van der Waals surface area contributed by atoms with E-state index >= 15 is 0 Å². The van der Waals surface area contributed by atoms with Gasteiger partial charge in [0, 0.05) is 18.5 Å². The van der Waals surface area contributed by atoms with Crippen molar-refractivity contribution in [1.82, 2.24) is 10.2 Å². The molecule has 1 saturated carbocycles. The molecule has 1 heterocycles. The number of aliphatic hydroxyl groups is 1. The molecule has 2 atom stereocenters. The topological polar surface area (TPSA) is 86.7 Å². The first-order chi connectivity index (χ1) is 13.5. The van der Waals surface area contributed by atoms with Gasteiger partial charge in [0.2, 0.25) is 11.8 Å². The number of benzene rings is 1. The zero-order chi connectivity index (χ0) is 19.9. The normalized spacial score (nSPS) is 24.0. The van der Waals surface area contributed by atoms with Gasteiger partial charge >= 0.3 is 0 Å². The number of nitrogens with one attached hydrogen (secondary N) is 1. The van der Waals surface area contributed by atoms with E-state index < -0.39 is 6.10 Å². The van der Waals surface area contributed by atoms with Crippen LogP contribution in [0.4, 0.5) is 0 Å². The zero-order valence-electron chi connectivity index (χ0n) is 16.1. The highest BCUT2D eigenvalue weighted by atomic mass is 16.3. The van der Waals surface area contributed by atoms with Gasteiger partial charge in [-0.2, -0.15) is 0 Å². The third-order valence-electron chi connectivity index (χ3n) is 5.41. The number of unbranched alkanes of at least 4 members (excludes halogenated alkanes) is 1. The Morgan fingerprint density at radius 3 is 2.64 bits per heavy atom. The number of aliphatic hydroxyl groups excluding tert-OH is 1. The van der Waals surface area contributed by atoms with Gasteiger partial charge in [-0.1, -0.05) is 43.2 Å². The van der Waals surface area contributed by atoms with Crippen LogP contribution in [0.25, 0.3) is 6.08 Å². The van der Waals surface area contributed by atoms with Gasteiger partial charge in [0.05, 0.1) is 18.6 Å². The number of nitrogens with zero attached hydrogens (tertiary/aromatic N) is 1. The molecule has 1 aliphatic heterocycles. The zero-order valence-corrected chi connectivity index (χ0v) is 16.1. The molecule has 1 saturated heterocycles. The summed E-state index contributed by atoms with van der Waals surface area (Å²) in [5.41, 5.74) is 1.42. The first-order valence-corrected chi connectivity index (χ1v) is 10.1. The van der Waals surface area contributed by atoms with Crippen LogP contribution in [-0.2, 0) is 14.4 Å². The van der Waals surface area contributed by atoms with Crippen molar-refractivity contribution in [2.24, 2.45) is 0 Å². The van der Waals surface area contributed by atoms with Crippen LogP contribution in [0, 0.1) is 0 Å². The molecule has 3 rings (SSSR count). The summed E-state index contributed by atoms with van der Waals surface area (Å²) < 4.78 is 0. The molecule has 2 fully saturated rings. The summed E-state index contributed by atoms with van der Waals surface area (Å²) in [5.74, 6) is -0.486. The molecule has 6 nitrogen and oxygen atoms in total. The molecule has 150 valence electrons. The largest absolute Gasteiger partial charge is 0.391 e. The highest BCUT2D eigenvalue weighted by Crippen LogP contribution is 2.22. The Hall–Kier alpha value is -2.47. The Labute approximate surface area is 165 Å².